The molecule has 25 heavy (non-hydrogen) atoms. The number of carbonyl (C=O) groups is 2. The molecule has 0 spiro atoms. The number of hydrogen-bond acceptors (Lipinski definition) is 4. The van der Waals surface area contributed by atoms with Crippen LogP contribution in [0.1, 0.15) is 18.4 Å². The normalized spacial score (nSPS) is 10.5. The molecule has 0 radical (unpaired) electrons. The molecule has 0 saturated heterocycles. The number of ether oxygens (including phenoxy) is 1. The fourth-order valence-corrected chi connectivity index (χ4v) is 2.27. The highest BCUT2D eigenvalue weighted by molar-refractivity contribution is 14.1. The molecule has 0 bridgehead atoms. The number of anilines is 1. The van der Waals surface area contributed by atoms with Crippen molar-refractivity contribution >= 4 is 46.3 Å². The van der Waals surface area contributed by atoms with Crippen molar-refractivity contribution in [2.75, 3.05) is 12.4 Å². The molecular weight excluding hydrogens is 433 g/mol. The van der Waals surface area contributed by atoms with Gasteiger partial charge in [0.15, 0.2) is 0 Å². The number of rotatable bonds is 7. The third kappa shape index (κ3) is 6.92. The third-order valence-electron chi connectivity index (χ3n) is 3.23. The van der Waals surface area contributed by atoms with Crippen molar-refractivity contribution in [1.29, 1.82) is 0 Å². The molecule has 0 aromatic heterocycles. The van der Waals surface area contributed by atoms with Crippen molar-refractivity contribution in [3.8, 4) is 5.75 Å². The highest BCUT2D eigenvalue weighted by Crippen LogP contribution is 2.15. The van der Waals surface area contributed by atoms with E-state index in [1.165, 1.54) is 0 Å². The Hall–Kier alpha value is -2.42. The zero-order chi connectivity index (χ0) is 18.1. The first-order valence-corrected chi connectivity index (χ1v) is 8.66. The van der Waals surface area contributed by atoms with Crippen LogP contribution in [-0.2, 0) is 9.59 Å². The maximum atomic E-state index is 11.8. The molecule has 2 amide bonds. The molecule has 0 atom stereocenters. The van der Waals surface area contributed by atoms with E-state index in [1.807, 2.05) is 24.3 Å². The van der Waals surface area contributed by atoms with Crippen LogP contribution in [0.2, 0.25) is 0 Å². The van der Waals surface area contributed by atoms with Crippen molar-refractivity contribution in [2.45, 2.75) is 12.8 Å². The van der Waals surface area contributed by atoms with Crippen molar-refractivity contribution in [3.63, 3.8) is 0 Å². The Kier molecular flexibility index (Phi) is 7.39. The number of amides is 2. The molecule has 6 nitrogen and oxygen atoms in total. The minimum atomic E-state index is -0.313. The van der Waals surface area contributed by atoms with Gasteiger partial charge in [0.1, 0.15) is 5.75 Å². The van der Waals surface area contributed by atoms with Gasteiger partial charge in [-0.15, -0.1) is 0 Å². The summed E-state index contributed by atoms with van der Waals surface area (Å²) in [5.74, 6) is 0.164. The molecule has 2 aromatic carbocycles. The van der Waals surface area contributed by atoms with E-state index in [1.54, 1.807) is 37.6 Å². The van der Waals surface area contributed by atoms with Gasteiger partial charge in [-0.2, -0.15) is 5.10 Å². The fourth-order valence-electron chi connectivity index (χ4n) is 1.91. The highest BCUT2D eigenvalue weighted by Gasteiger charge is 2.06. The Labute approximate surface area is 159 Å². The second-order valence-corrected chi connectivity index (χ2v) is 6.37. The smallest absolute Gasteiger partial charge is 0.240 e. The summed E-state index contributed by atoms with van der Waals surface area (Å²) in [5, 5.41) is 6.60. The third-order valence-corrected chi connectivity index (χ3v) is 3.94. The molecule has 0 heterocycles. The van der Waals surface area contributed by atoms with E-state index in [9.17, 15) is 9.59 Å². The molecule has 2 rings (SSSR count). The molecule has 0 fully saturated rings. The van der Waals surface area contributed by atoms with E-state index in [4.69, 9.17) is 4.74 Å². The monoisotopic (exact) mass is 451 g/mol. The summed E-state index contributed by atoms with van der Waals surface area (Å²) >= 11 is 2.21. The predicted molar refractivity (Wildman–Crippen MR) is 106 cm³/mol. The van der Waals surface area contributed by atoms with Gasteiger partial charge in [0.2, 0.25) is 11.8 Å². The molecule has 7 heteroatoms. The zero-order valence-corrected chi connectivity index (χ0v) is 15.8. The molecule has 0 aliphatic rings. The average molecular weight is 451 g/mol. The Bertz CT molecular complexity index is 743. The van der Waals surface area contributed by atoms with Crippen LogP contribution in [-0.4, -0.2) is 25.1 Å². The first-order chi connectivity index (χ1) is 12.1. The van der Waals surface area contributed by atoms with Gasteiger partial charge in [-0.05, 0) is 64.6 Å². The van der Waals surface area contributed by atoms with Crippen LogP contribution in [0.25, 0.3) is 0 Å². The number of hydrazone groups is 1. The summed E-state index contributed by atoms with van der Waals surface area (Å²) in [6.07, 6.45) is 1.70. The van der Waals surface area contributed by atoms with Gasteiger partial charge in [-0.1, -0.05) is 12.1 Å². The molecule has 0 unspecified atom stereocenters. The van der Waals surface area contributed by atoms with Gasteiger partial charge >= 0.3 is 0 Å². The summed E-state index contributed by atoms with van der Waals surface area (Å²) in [5.41, 5.74) is 3.95. The van der Waals surface area contributed by atoms with Crippen LogP contribution in [0.15, 0.2) is 53.6 Å². The Balaban J connectivity index is 1.71. The van der Waals surface area contributed by atoms with Gasteiger partial charge < -0.3 is 10.1 Å². The number of carbonyl (C=O) groups excluding carboxylic acids is 2. The van der Waals surface area contributed by atoms with Gasteiger partial charge in [0, 0.05) is 22.1 Å². The van der Waals surface area contributed by atoms with E-state index in [0.29, 0.717) is 11.4 Å². The highest BCUT2D eigenvalue weighted by atomic mass is 127. The molecule has 2 N–H and O–H groups in total. The number of nitrogens with one attached hydrogen (secondary N) is 2. The number of nitrogens with zero attached hydrogens (tertiary/aromatic N) is 1. The lowest BCUT2D eigenvalue weighted by Gasteiger charge is -2.06. The Morgan fingerprint density at radius 2 is 1.68 bits per heavy atom. The first kappa shape index (κ1) is 18.9. The maximum Gasteiger partial charge on any atom is 0.240 e. The van der Waals surface area contributed by atoms with Crippen LogP contribution in [0.4, 0.5) is 5.69 Å². The van der Waals surface area contributed by atoms with Crippen LogP contribution in [0, 0.1) is 3.57 Å². The summed E-state index contributed by atoms with van der Waals surface area (Å²) in [7, 11) is 1.58. The Morgan fingerprint density at radius 1 is 1.04 bits per heavy atom. The van der Waals surface area contributed by atoms with Gasteiger partial charge in [0.25, 0.3) is 0 Å². The summed E-state index contributed by atoms with van der Waals surface area (Å²) in [4.78, 5) is 23.5. The number of halogens is 1. The van der Waals surface area contributed by atoms with Crippen LogP contribution < -0.4 is 15.5 Å². The summed E-state index contributed by atoms with van der Waals surface area (Å²) in [6.45, 7) is 0. The van der Waals surface area contributed by atoms with Crippen molar-refractivity contribution in [2.24, 2.45) is 5.10 Å². The van der Waals surface area contributed by atoms with Crippen LogP contribution in [0.3, 0.4) is 0 Å². The minimum absolute atomic E-state index is 0.0615. The fraction of sp³-hybridized carbons (Fsp3) is 0.167. The topological polar surface area (TPSA) is 79.8 Å². The van der Waals surface area contributed by atoms with E-state index >= 15 is 0 Å². The van der Waals surface area contributed by atoms with Gasteiger partial charge in [0.05, 0.1) is 13.3 Å². The van der Waals surface area contributed by atoms with Crippen LogP contribution >= 0.6 is 22.6 Å². The van der Waals surface area contributed by atoms with E-state index in [2.05, 4.69) is 38.4 Å². The average Bonchev–Trinajstić information content (AvgIpc) is 2.62. The lowest BCUT2D eigenvalue weighted by Crippen LogP contribution is -2.20. The lowest BCUT2D eigenvalue weighted by atomic mass is 10.2. The van der Waals surface area contributed by atoms with E-state index in [0.717, 1.165) is 9.13 Å². The molecule has 0 saturated carbocycles. The van der Waals surface area contributed by atoms with E-state index in [-0.39, 0.29) is 24.7 Å². The zero-order valence-electron chi connectivity index (χ0n) is 13.7. The van der Waals surface area contributed by atoms with Gasteiger partial charge in [-0.25, -0.2) is 5.43 Å². The number of methoxy groups -OCH3 is 1. The minimum Gasteiger partial charge on any atom is -0.497 e. The SMILES string of the molecule is COc1ccc(NC(=O)CCC(=O)N/N=C/c2ccc(I)cc2)cc1. The predicted octanol–water partition coefficient (Wildman–Crippen LogP) is 3.17. The van der Waals surface area contributed by atoms with Crippen molar-refractivity contribution in [3.05, 3.63) is 57.7 Å². The van der Waals surface area contributed by atoms with Crippen LogP contribution in [0.5, 0.6) is 5.75 Å². The largest absolute Gasteiger partial charge is 0.497 e. The second kappa shape index (κ2) is 9.77. The standard InChI is InChI=1S/C18H18IN3O3/c1-25-16-8-6-15(7-9-16)21-17(23)10-11-18(24)22-20-12-13-2-4-14(19)5-3-13/h2-9,12H,10-11H2,1H3,(H,21,23)(H,22,24)/b20-12+. The number of benzene rings is 2. The first-order valence-electron chi connectivity index (χ1n) is 7.58. The second-order valence-electron chi connectivity index (χ2n) is 5.12. The van der Waals surface area contributed by atoms with E-state index < -0.39 is 0 Å². The molecular formula is C18H18IN3O3. The Morgan fingerprint density at radius 3 is 2.32 bits per heavy atom. The lowest BCUT2D eigenvalue weighted by molar-refractivity contribution is -0.124. The molecule has 0 aliphatic carbocycles. The number of hydrogen-bond donors (Lipinski definition) is 2. The van der Waals surface area contributed by atoms with Crippen molar-refractivity contribution < 1.29 is 14.3 Å². The van der Waals surface area contributed by atoms with Gasteiger partial charge in [-0.3, -0.25) is 9.59 Å². The van der Waals surface area contributed by atoms with Crippen molar-refractivity contribution in [1.82, 2.24) is 5.43 Å². The molecule has 2 aromatic rings. The summed E-state index contributed by atoms with van der Waals surface area (Å²) < 4.78 is 6.18. The summed E-state index contributed by atoms with van der Waals surface area (Å²) in [6, 6.07) is 14.7. The quantitative estimate of drug-likeness (QED) is 0.386. The molecule has 0 aliphatic heterocycles. The molecule has 130 valence electrons. The maximum absolute atomic E-state index is 11.8.